The summed E-state index contributed by atoms with van der Waals surface area (Å²) in [7, 11) is 0. The number of rotatable bonds is 7. The molecule has 1 N–H and O–H groups in total. The van der Waals surface area contributed by atoms with Crippen LogP contribution in [0.4, 0.5) is 0 Å². The van der Waals surface area contributed by atoms with Crippen molar-refractivity contribution in [1.82, 2.24) is 5.32 Å². The molecular weight excluding hydrogens is 210 g/mol. The Bertz CT molecular complexity index is 316. The summed E-state index contributed by atoms with van der Waals surface area (Å²) in [5.74, 6) is 0.992. The van der Waals surface area contributed by atoms with Crippen LogP contribution in [0.15, 0.2) is 24.3 Å². The first kappa shape index (κ1) is 12.4. The fraction of sp³-hybridized carbons (Fsp3) is 0.600. The quantitative estimate of drug-likeness (QED) is 0.728. The molecule has 0 heterocycles. The third-order valence-electron chi connectivity index (χ3n) is 3.39. The normalized spacial score (nSPS) is 15.6. The molecule has 2 heteroatoms. The molecule has 17 heavy (non-hydrogen) atoms. The van der Waals surface area contributed by atoms with Gasteiger partial charge in [0, 0.05) is 12.6 Å². The maximum Gasteiger partial charge on any atom is 0.119 e. The Morgan fingerprint density at radius 1 is 1.24 bits per heavy atom. The van der Waals surface area contributed by atoms with Crippen molar-refractivity contribution < 1.29 is 4.74 Å². The van der Waals surface area contributed by atoms with Gasteiger partial charge in [-0.1, -0.05) is 31.9 Å². The van der Waals surface area contributed by atoms with E-state index in [2.05, 4.69) is 36.5 Å². The van der Waals surface area contributed by atoms with Crippen LogP contribution >= 0.6 is 0 Å². The zero-order valence-corrected chi connectivity index (χ0v) is 10.7. The van der Waals surface area contributed by atoms with Crippen LogP contribution in [0.1, 0.15) is 44.6 Å². The van der Waals surface area contributed by atoms with Gasteiger partial charge in [0.2, 0.25) is 0 Å². The molecule has 0 amide bonds. The Kier molecular flexibility index (Phi) is 4.87. The highest BCUT2D eigenvalue weighted by atomic mass is 16.5. The first-order chi connectivity index (χ1) is 8.38. The zero-order chi connectivity index (χ0) is 11.9. The molecule has 1 fully saturated rings. The first-order valence-electron chi connectivity index (χ1n) is 6.83. The standard InChI is InChI=1S/C15H23NO/c1-2-3-11-17-15-9-7-13(8-10-15)12-16-14-5-4-6-14/h7-10,14,16H,2-6,11-12H2,1H3. The molecule has 0 spiro atoms. The SMILES string of the molecule is CCCCOc1ccc(CNC2CCC2)cc1. The van der Waals surface area contributed by atoms with Crippen LogP contribution in [0.2, 0.25) is 0 Å². The minimum atomic E-state index is 0.760. The van der Waals surface area contributed by atoms with Gasteiger partial charge in [-0.25, -0.2) is 0 Å². The predicted molar refractivity (Wildman–Crippen MR) is 71.3 cm³/mol. The van der Waals surface area contributed by atoms with Crippen molar-refractivity contribution in [2.24, 2.45) is 0 Å². The lowest BCUT2D eigenvalue weighted by molar-refractivity contribution is 0.309. The van der Waals surface area contributed by atoms with Gasteiger partial charge in [0.25, 0.3) is 0 Å². The van der Waals surface area contributed by atoms with Crippen LogP contribution in [0.5, 0.6) is 5.75 Å². The second-order valence-electron chi connectivity index (χ2n) is 4.85. The number of hydrogen-bond donors (Lipinski definition) is 1. The highest BCUT2D eigenvalue weighted by Gasteiger charge is 2.15. The van der Waals surface area contributed by atoms with Gasteiger partial charge in [-0.3, -0.25) is 0 Å². The van der Waals surface area contributed by atoms with Crippen LogP contribution in [0, 0.1) is 0 Å². The summed E-state index contributed by atoms with van der Waals surface area (Å²) < 4.78 is 5.64. The number of ether oxygens (including phenoxy) is 1. The Hall–Kier alpha value is -1.02. The van der Waals surface area contributed by atoms with E-state index in [4.69, 9.17) is 4.74 Å². The Balaban J connectivity index is 1.72. The Morgan fingerprint density at radius 2 is 2.00 bits per heavy atom. The highest BCUT2D eigenvalue weighted by Crippen LogP contribution is 2.19. The summed E-state index contributed by atoms with van der Waals surface area (Å²) in [6, 6.07) is 9.23. The van der Waals surface area contributed by atoms with E-state index in [1.807, 2.05) is 0 Å². The second kappa shape index (κ2) is 6.65. The molecule has 0 saturated heterocycles. The summed E-state index contributed by atoms with van der Waals surface area (Å²) in [6.07, 6.45) is 6.40. The van der Waals surface area contributed by atoms with E-state index < -0.39 is 0 Å². The molecule has 0 aromatic heterocycles. The molecule has 1 aromatic rings. The maximum absolute atomic E-state index is 5.64. The minimum Gasteiger partial charge on any atom is -0.494 e. The molecule has 1 aliphatic carbocycles. The van der Waals surface area contributed by atoms with Crippen molar-refractivity contribution in [1.29, 1.82) is 0 Å². The third kappa shape index (κ3) is 4.04. The van der Waals surface area contributed by atoms with Crippen LogP contribution in [0.25, 0.3) is 0 Å². The molecule has 0 unspecified atom stereocenters. The molecule has 2 nitrogen and oxygen atoms in total. The average molecular weight is 233 g/mol. The predicted octanol–water partition coefficient (Wildman–Crippen LogP) is 3.51. The van der Waals surface area contributed by atoms with Gasteiger partial charge >= 0.3 is 0 Å². The highest BCUT2D eigenvalue weighted by molar-refractivity contribution is 5.27. The molecule has 2 rings (SSSR count). The van der Waals surface area contributed by atoms with Crippen molar-refractivity contribution >= 4 is 0 Å². The lowest BCUT2D eigenvalue weighted by atomic mass is 9.93. The van der Waals surface area contributed by atoms with E-state index in [1.165, 1.54) is 31.2 Å². The maximum atomic E-state index is 5.64. The van der Waals surface area contributed by atoms with Crippen molar-refractivity contribution in [3.05, 3.63) is 29.8 Å². The zero-order valence-electron chi connectivity index (χ0n) is 10.7. The molecule has 94 valence electrons. The topological polar surface area (TPSA) is 21.3 Å². The summed E-state index contributed by atoms with van der Waals surface area (Å²) in [5, 5.41) is 3.57. The number of nitrogens with one attached hydrogen (secondary N) is 1. The Labute approximate surface area is 104 Å². The van der Waals surface area contributed by atoms with Crippen molar-refractivity contribution in [3.63, 3.8) is 0 Å². The van der Waals surface area contributed by atoms with Gasteiger partial charge in [-0.05, 0) is 37.0 Å². The van der Waals surface area contributed by atoms with Gasteiger partial charge in [-0.2, -0.15) is 0 Å². The van der Waals surface area contributed by atoms with Gasteiger partial charge in [-0.15, -0.1) is 0 Å². The van der Waals surface area contributed by atoms with Crippen molar-refractivity contribution in [3.8, 4) is 5.75 Å². The van der Waals surface area contributed by atoms with E-state index in [0.29, 0.717) is 0 Å². The van der Waals surface area contributed by atoms with E-state index >= 15 is 0 Å². The number of unbranched alkanes of at least 4 members (excludes halogenated alkanes) is 1. The molecule has 0 bridgehead atoms. The van der Waals surface area contributed by atoms with Crippen LogP contribution in [-0.2, 0) is 6.54 Å². The van der Waals surface area contributed by atoms with Crippen molar-refractivity contribution in [2.45, 2.75) is 51.6 Å². The average Bonchev–Trinajstić information content (AvgIpc) is 2.29. The van der Waals surface area contributed by atoms with E-state index in [-0.39, 0.29) is 0 Å². The smallest absolute Gasteiger partial charge is 0.119 e. The number of benzene rings is 1. The molecule has 0 atom stereocenters. The fourth-order valence-electron chi connectivity index (χ4n) is 1.91. The largest absolute Gasteiger partial charge is 0.494 e. The molecule has 0 radical (unpaired) electrons. The summed E-state index contributed by atoms with van der Waals surface area (Å²) in [5.41, 5.74) is 1.35. The van der Waals surface area contributed by atoms with Gasteiger partial charge < -0.3 is 10.1 Å². The lowest BCUT2D eigenvalue weighted by Crippen LogP contribution is -2.34. The lowest BCUT2D eigenvalue weighted by Gasteiger charge is -2.26. The number of hydrogen-bond acceptors (Lipinski definition) is 2. The summed E-state index contributed by atoms with van der Waals surface area (Å²) in [4.78, 5) is 0. The van der Waals surface area contributed by atoms with Crippen LogP contribution < -0.4 is 10.1 Å². The van der Waals surface area contributed by atoms with Gasteiger partial charge in [0.15, 0.2) is 0 Å². The summed E-state index contributed by atoms with van der Waals surface area (Å²) in [6.45, 7) is 3.99. The van der Waals surface area contributed by atoms with Gasteiger partial charge in [0.05, 0.1) is 6.61 Å². The van der Waals surface area contributed by atoms with E-state index in [1.54, 1.807) is 0 Å². The monoisotopic (exact) mass is 233 g/mol. The molecule has 1 aromatic carbocycles. The molecule has 1 aliphatic rings. The molecule has 0 aliphatic heterocycles. The van der Waals surface area contributed by atoms with Crippen molar-refractivity contribution in [2.75, 3.05) is 6.61 Å². The van der Waals surface area contributed by atoms with E-state index in [9.17, 15) is 0 Å². The molecular formula is C15H23NO. The van der Waals surface area contributed by atoms with Crippen LogP contribution in [-0.4, -0.2) is 12.6 Å². The molecule has 1 saturated carbocycles. The third-order valence-corrected chi connectivity index (χ3v) is 3.39. The minimum absolute atomic E-state index is 0.760. The summed E-state index contributed by atoms with van der Waals surface area (Å²) >= 11 is 0. The first-order valence-corrected chi connectivity index (χ1v) is 6.83. The van der Waals surface area contributed by atoms with Gasteiger partial charge in [0.1, 0.15) is 5.75 Å². The van der Waals surface area contributed by atoms with E-state index in [0.717, 1.165) is 31.4 Å². The second-order valence-corrected chi connectivity index (χ2v) is 4.85. The Morgan fingerprint density at radius 3 is 2.59 bits per heavy atom. The van der Waals surface area contributed by atoms with Crippen LogP contribution in [0.3, 0.4) is 0 Å². The fourth-order valence-corrected chi connectivity index (χ4v) is 1.91.